The molecule has 0 saturated carbocycles. The maximum absolute atomic E-state index is 11.1. The molecule has 2 aromatic rings. The molecule has 0 aliphatic rings. The minimum atomic E-state index is -0.878. The number of aliphatic hydroxyl groups excluding tert-OH is 1. The monoisotopic (exact) mass is 240 g/mol. The number of carbonyl (C=O) groups excluding carboxylic acids is 1. The van der Waals surface area contributed by atoms with Crippen LogP contribution in [0.3, 0.4) is 0 Å². The summed E-state index contributed by atoms with van der Waals surface area (Å²) in [6.07, 6.45) is 0.897. The first kappa shape index (κ1) is 11.1. The topological polar surface area (TPSA) is 63.8 Å². The summed E-state index contributed by atoms with van der Waals surface area (Å²) in [7, 11) is 1.30. The fourth-order valence-corrected chi connectivity index (χ4v) is 2.42. The number of imidazole rings is 1. The van der Waals surface area contributed by atoms with Crippen LogP contribution in [-0.4, -0.2) is 27.6 Å². The average molecular weight is 240 g/mol. The van der Waals surface area contributed by atoms with Gasteiger partial charge in [-0.25, -0.2) is 4.98 Å². The van der Waals surface area contributed by atoms with Crippen LogP contribution in [-0.2, 0) is 9.53 Å². The molecule has 2 heterocycles. The summed E-state index contributed by atoms with van der Waals surface area (Å²) in [5.41, 5.74) is 1.39. The first-order valence-electron chi connectivity index (χ1n) is 4.80. The number of thiazole rings is 1. The standard InChI is InChI=1S/C10H12N2O3S/c1-6-9(7(13)5-8(14)15-2)12-3-4-16-10(12)11-6/h3-4,7,13H,5H2,1-2H3/t7-/m0/s1. The molecule has 0 aromatic carbocycles. The fourth-order valence-electron chi connectivity index (χ4n) is 1.65. The zero-order chi connectivity index (χ0) is 11.7. The number of fused-ring (bicyclic) bond motifs is 1. The first-order chi connectivity index (χ1) is 7.63. The van der Waals surface area contributed by atoms with Gasteiger partial charge in [0.1, 0.15) is 6.10 Å². The number of hydrogen-bond acceptors (Lipinski definition) is 5. The summed E-state index contributed by atoms with van der Waals surface area (Å²) < 4.78 is 6.33. The van der Waals surface area contributed by atoms with Gasteiger partial charge in [-0.2, -0.15) is 0 Å². The number of carbonyl (C=O) groups is 1. The summed E-state index contributed by atoms with van der Waals surface area (Å²) in [4.78, 5) is 16.2. The predicted molar refractivity (Wildman–Crippen MR) is 59.4 cm³/mol. The van der Waals surface area contributed by atoms with Crippen LogP contribution in [0.2, 0.25) is 0 Å². The van der Waals surface area contributed by atoms with E-state index in [2.05, 4.69) is 9.72 Å². The summed E-state index contributed by atoms with van der Waals surface area (Å²) in [5.74, 6) is -0.433. The van der Waals surface area contributed by atoms with Gasteiger partial charge in [0.2, 0.25) is 0 Å². The highest BCUT2D eigenvalue weighted by molar-refractivity contribution is 7.15. The Hall–Kier alpha value is -1.40. The number of aryl methyl sites for hydroxylation is 1. The maximum Gasteiger partial charge on any atom is 0.308 e. The number of rotatable bonds is 3. The molecular weight excluding hydrogens is 228 g/mol. The van der Waals surface area contributed by atoms with E-state index >= 15 is 0 Å². The Morgan fingerprint density at radius 3 is 3.19 bits per heavy atom. The van der Waals surface area contributed by atoms with Crippen molar-refractivity contribution in [2.24, 2.45) is 0 Å². The Bertz CT molecular complexity index is 517. The normalized spacial score (nSPS) is 12.9. The van der Waals surface area contributed by atoms with E-state index in [0.29, 0.717) is 5.69 Å². The lowest BCUT2D eigenvalue weighted by Gasteiger charge is -2.09. The fraction of sp³-hybridized carbons (Fsp3) is 0.400. The minimum Gasteiger partial charge on any atom is -0.469 e. The van der Waals surface area contributed by atoms with E-state index in [1.807, 2.05) is 18.5 Å². The second kappa shape index (κ2) is 4.23. The molecule has 0 bridgehead atoms. The van der Waals surface area contributed by atoms with Crippen molar-refractivity contribution in [3.05, 3.63) is 23.0 Å². The lowest BCUT2D eigenvalue weighted by Crippen LogP contribution is -2.10. The van der Waals surface area contributed by atoms with Gasteiger partial charge in [0, 0.05) is 11.6 Å². The molecule has 0 spiro atoms. The van der Waals surface area contributed by atoms with Gasteiger partial charge in [0.25, 0.3) is 0 Å². The summed E-state index contributed by atoms with van der Waals surface area (Å²) >= 11 is 1.49. The second-order valence-electron chi connectivity index (χ2n) is 3.43. The van der Waals surface area contributed by atoms with E-state index in [0.717, 1.165) is 10.7 Å². The maximum atomic E-state index is 11.1. The lowest BCUT2D eigenvalue weighted by atomic mass is 10.1. The number of aliphatic hydroxyl groups is 1. The molecule has 0 unspecified atom stereocenters. The van der Waals surface area contributed by atoms with Crippen LogP contribution < -0.4 is 0 Å². The molecule has 0 aliphatic heterocycles. The molecule has 86 valence electrons. The Balaban J connectivity index is 2.34. The zero-order valence-electron chi connectivity index (χ0n) is 9.01. The quantitative estimate of drug-likeness (QED) is 0.821. The Morgan fingerprint density at radius 1 is 1.75 bits per heavy atom. The Morgan fingerprint density at radius 2 is 2.50 bits per heavy atom. The number of methoxy groups -OCH3 is 1. The van der Waals surface area contributed by atoms with Crippen molar-refractivity contribution in [2.45, 2.75) is 19.4 Å². The largest absolute Gasteiger partial charge is 0.469 e. The predicted octanol–water partition coefficient (Wildman–Crippen LogP) is 1.30. The molecule has 0 aliphatic carbocycles. The molecule has 2 rings (SSSR count). The van der Waals surface area contributed by atoms with Gasteiger partial charge in [-0.15, -0.1) is 11.3 Å². The molecule has 0 amide bonds. The summed E-state index contributed by atoms with van der Waals surface area (Å²) in [5, 5.41) is 11.8. The molecular formula is C10H12N2O3S. The van der Waals surface area contributed by atoms with Crippen LogP contribution in [0.5, 0.6) is 0 Å². The van der Waals surface area contributed by atoms with Gasteiger partial charge in [-0.1, -0.05) is 0 Å². The van der Waals surface area contributed by atoms with Crippen LogP contribution in [0.1, 0.15) is 23.9 Å². The van der Waals surface area contributed by atoms with Gasteiger partial charge < -0.3 is 9.84 Å². The van der Waals surface area contributed by atoms with Crippen molar-refractivity contribution >= 4 is 22.3 Å². The van der Waals surface area contributed by atoms with Crippen molar-refractivity contribution in [1.29, 1.82) is 0 Å². The van der Waals surface area contributed by atoms with Gasteiger partial charge in [0.15, 0.2) is 4.96 Å². The molecule has 16 heavy (non-hydrogen) atoms. The van der Waals surface area contributed by atoms with Crippen LogP contribution in [0.4, 0.5) is 0 Å². The van der Waals surface area contributed by atoms with Crippen molar-refractivity contribution in [2.75, 3.05) is 7.11 Å². The number of aromatic nitrogens is 2. The van der Waals surface area contributed by atoms with Gasteiger partial charge in [-0.3, -0.25) is 9.20 Å². The Kier molecular flexibility index (Phi) is 2.93. The number of hydrogen-bond donors (Lipinski definition) is 1. The summed E-state index contributed by atoms with van der Waals surface area (Å²) in [6.45, 7) is 1.82. The van der Waals surface area contributed by atoms with Crippen LogP contribution in [0.15, 0.2) is 11.6 Å². The van der Waals surface area contributed by atoms with Gasteiger partial charge in [-0.05, 0) is 6.92 Å². The molecule has 0 saturated heterocycles. The van der Waals surface area contributed by atoms with Crippen molar-refractivity contribution in [1.82, 2.24) is 9.38 Å². The number of esters is 1. The van der Waals surface area contributed by atoms with Crippen LogP contribution in [0.25, 0.3) is 4.96 Å². The van der Waals surface area contributed by atoms with Crippen molar-refractivity contribution in [3.8, 4) is 0 Å². The molecule has 2 aromatic heterocycles. The van der Waals surface area contributed by atoms with Gasteiger partial charge >= 0.3 is 5.97 Å². The van der Waals surface area contributed by atoms with E-state index in [1.165, 1.54) is 18.4 Å². The van der Waals surface area contributed by atoms with E-state index in [4.69, 9.17) is 0 Å². The average Bonchev–Trinajstić information content (AvgIpc) is 2.76. The second-order valence-corrected chi connectivity index (χ2v) is 4.31. The first-order valence-corrected chi connectivity index (χ1v) is 5.68. The molecule has 5 nitrogen and oxygen atoms in total. The van der Waals surface area contributed by atoms with Crippen molar-refractivity contribution < 1.29 is 14.6 Å². The molecule has 0 radical (unpaired) electrons. The van der Waals surface area contributed by atoms with Crippen LogP contribution >= 0.6 is 11.3 Å². The lowest BCUT2D eigenvalue weighted by molar-refractivity contribution is -0.142. The molecule has 0 fully saturated rings. The van der Waals surface area contributed by atoms with Crippen molar-refractivity contribution in [3.63, 3.8) is 0 Å². The van der Waals surface area contributed by atoms with E-state index < -0.39 is 12.1 Å². The SMILES string of the molecule is COC(=O)C[C@H](O)c1c(C)nc2sccn12. The van der Waals surface area contributed by atoms with E-state index in [9.17, 15) is 9.90 Å². The Labute approximate surface area is 96.3 Å². The molecule has 1 atom stereocenters. The third-order valence-electron chi connectivity index (χ3n) is 2.39. The smallest absolute Gasteiger partial charge is 0.308 e. The molecule has 6 heteroatoms. The highest BCUT2D eigenvalue weighted by atomic mass is 32.1. The zero-order valence-corrected chi connectivity index (χ0v) is 9.82. The minimum absolute atomic E-state index is 0.0546. The van der Waals surface area contributed by atoms with Gasteiger partial charge in [0.05, 0.1) is 24.9 Å². The third kappa shape index (κ3) is 1.81. The number of nitrogens with zero attached hydrogens (tertiary/aromatic N) is 2. The van der Waals surface area contributed by atoms with E-state index in [-0.39, 0.29) is 6.42 Å². The molecule has 1 N–H and O–H groups in total. The third-order valence-corrected chi connectivity index (χ3v) is 3.14. The highest BCUT2D eigenvalue weighted by Crippen LogP contribution is 2.24. The van der Waals surface area contributed by atoms with Crippen LogP contribution in [0, 0.1) is 6.92 Å². The summed E-state index contributed by atoms with van der Waals surface area (Å²) in [6, 6.07) is 0. The highest BCUT2D eigenvalue weighted by Gasteiger charge is 2.20. The van der Waals surface area contributed by atoms with E-state index in [1.54, 1.807) is 4.40 Å². The number of ether oxygens (including phenoxy) is 1.